The summed E-state index contributed by atoms with van der Waals surface area (Å²) in [5, 5.41) is 0. The molecule has 0 saturated carbocycles. The van der Waals surface area contributed by atoms with Crippen molar-refractivity contribution in [1.29, 1.82) is 0 Å². The summed E-state index contributed by atoms with van der Waals surface area (Å²) in [6, 6.07) is 5.10. The first kappa shape index (κ1) is 32.0. The van der Waals surface area contributed by atoms with Crippen LogP contribution in [0.2, 0.25) is 0 Å². The lowest BCUT2D eigenvalue weighted by atomic mass is 9.66. The van der Waals surface area contributed by atoms with Crippen LogP contribution in [0.4, 0.5) is 0 Å². The molecule has 0 fully saturated rings. The van der Waals surface area contributed by atoms with E-state index in [9.17, 15) is 19.2 Å². The molecule has 1 aliphatic carbocycles. The molecule has 0 unspecified atom stereocenters. The summed E-state index contributed by atoms with van der Waals surface area (Å²) in [7, 11) is 5.73. The highest BCUT2D eigenvalue weighted by Crippen LogP contribution is 2.55. The van der Waals surface area contributed by atoms with Crippen molar-refractivity contribution in [3.8, 4) is 34.5 Å². The van der Waals surface area contributed by atoms with Gasteiger partial charge < -0.3 is 37.9 Å². The van der Waals surface area contributed by atoms with Gasteiger partial charge in [0.15, 0.2) is 23.0 Å². The zero-order valence-electron chi connectivity index (χ0n) is 25.0. The Kier molecular flexibility index (Phi) is 10.6. The number of methoxy groups -OCH3 is 4. The van der Waals surface area contributed by atoms with Crippen molar-refractivity contribution in [2.24, 2.45) is 11.8 Å². The van der Waals surface area contributed by atoms with Crippen LogP contribution in [0.25, 0.3) is 0 Å². The quantitative estimate of drug-likeness (QED) is 0.279. The van der Waals surface area contributed by atoms with E-state index in [1.807, 2.05) is 0 Å². The van der Waals surface area contributed by atoms with E-state index in [1.54, 1.807) is 18.2 Å². The molecule has 0 radical (unpaired) electrons. The maximum atomic E-state index is 12.1. The monoisotopic (exact) mass is 588 g/mol. The molecule has 3 atom stereocenters. The third kappa shape index (κ3) is 7.04. The minimum absolute atomic E-state index is 0.0351. The number of carbonyl (C=O) groups is 4. The highest BCUT2D eigenvalue weighted by molar-refractivity contribution is 5.75. The van der Waals surface area contributed by atoms with Gasteiger partial charge in [-0.3, -0.25) is 19.2 Å². The van der Waals surface area contributed by atoms with Crippen LogP contribution in [-0.2, 0) is 35.1 Å². The summed E-state index contributed by atoms with van der Waals surface area (Å²) in [5.74, 6) is -2.43. The van der Waals surface area contributed by atoms with E-state index < -0.39 is 35.7 Å². The van der Waals surface area contributed by atoms with Crippen LogP contribution in [0.1, 0.15) is 50.3 Å². The van der Waals surface area contributed by atoms with Crippen LogP contribution in [0, 0.1) is 11.8 Å². The van der Waals surface area contributed by atoms with Gasteiger partial charge in [-0.05, 0) is 35.7 Å². The summed E-state index contributed by atoms with van der Waals surface area (Å²) < 4.78 is 44.5. The Hall–Kier alpha value is -4.48. The standard InChI is InChI=1S/C30H36O12/c1-15(31)39-13-21-9-19-10-25(37-7)29(42-18(4)34)30(38-8)27(19)26(22(21)14-40-16(2)32)20-11-23(35-5)28(41-17(3)33)24(12-20)36-6/h10-12,21-22,26H,9,13-14H2,1-8H3/t21-,22-,26+/m1/s1. The van der Waals surface area contributed by atoms with Gasteiger partial charge in [0, 0.05) is 51.0 Å². The second-order valence-electron chi connectivity index (χ2n) is 9.67. The highest BCUT2D eigenvalue weighted by Gasteiger charge is 2.43. The summed E-state index contributed by atoms with van der Waals surface area (Å²) in [6.45, 7) is 5.13. The number of carbonyl (C=O) groups excluding carboxylic acids is 4. The molecule has 0 saturated heterocycles. The largest absolute Gasteiger partial charge is 0.493 e. The van der Waals surface area contributed by atoms with Crippen molar-refractivity contribution in [1.82, 2.24) is 0 Å². The van der Waals surface area contributed by atoms with Gasteiger partial charge >= 0.3 is 23.9 Å². The van der Waals surface area contributed by atoms with Crippen LogP contribution in [-0.4, -0.2) is 65.5 Å². The van der Waals surface area contributed by atoms with Gasteiger partial charge in [0.25, 0.3) is 0 Å². The molecule has 0 N–H and O–H groups in total. The summed E-state index contributed by atoms with van der Waals surface area (Å²) in [5.41, 5.74) is 2.01. The molecule has 2 aromatic rings. The molecule has 0 amide bonds. The SMILES string of the molecule is COc1cc([C@@H]2c3c(cc(OC)c(OC(C)=O)c3OC)C[C@H](COC(C)=O)[C@H]2COC(C)=O)cc(OC)c1OC(C)=O. The van der Waals surface area contributed by atoms with Gasteiger partial charge in [-0.2, -0.15) is 0 Å². The fourth-order valence-electron chi connectivity index (χ4n) is 5.30. The Balaban J connectivity index is 2.41. The molecule has 12 heteroatoms. The molecule has 2 aromatic carbocycles. The molecule has 1 aliphatic rings. The molecule has 228 valence electrons. The van der Waals surface area contributed by atoms with Crippen LogP contribution in [0.3, 0.4) is 0 Å². The number of benzene rings is 2. The third-order valence-electron chi connectivity index (χ3n) is 6.89. The van der Waals surface area contributed by atoms with Crippen molar-refractivity contribution in [3.63, 3.8) is 0 Å². The summed E-state index contributed by atoms with van der Waals surface area (Å²) >= 11 is 0. The predicted molar refractivity (Wildman–Crippen MR) is 148 cm³/mol. The Bertz CT molecular complexity index is 1320. The smallest absolute Gasteiger partial charge is 0.308 e. The van der Waals surface area contributed by atoms with E-state index in [2.05, 4.69) is 0 Å². The van der Waals surface area contributed by atoms with E-state index >= 15 is 0 Å². The Labute approximate surface area is 244 Å². The van der Waals surface area contributed by atoms with E-state index in [-0.39, 0.29) is 53.6 Å². The molecule has 12 nitrogen and oxygen atoms in total. The van der Waals surface area contributed by atoms with Crippen molar-refractivity contribution in [3.05, 3.63) is 34.9 Å². The number of ether oxygens (including phenoxy) is 8. The van der Waals surface area contributed by atoms with Gasteiger partial charge in [0.2, 0.25) is 11.5 Å². The normalized spacial score (nSPS) is 17.3. The topological polar surface area (TPSA) is 142 Å². The van der Waals surface area contributed by atoms with Crippen molar-refractivity contribution >= 4 is 23.9 Å². The Morgan fingerprint density at radius 1 is 0.643 bits per heavy atom. The number of esters is 4. The van der Waals surface area contributed by atoms with Crippen LogP contribution in [0.5, 0.6) is 34.5 Å². The van der Waals surface area contributed by atoms with Crippen LogP contribution >= 0.6 is 0 Å². The van der Waals surface area contributed by atoms with Crippen molar-refractivity contribution in [2.45, 2.75) is 40.0 Å². The zero-order chi connectivity index (χ0) is 31.1. The fraction of sp³-hybridized carbons (Fsp3) is 0.467. The second-order valence-corrected chi connectivity index (χ2v) is 9.67. The minimum Gasteiger partial charge on any atom is -0.493 e. The van der Waals surface area contributed by atoms with Crippen LogP contribution in [0.15, 0.2) is 18.2 Å². The highest BCUT2D eigenvalue weighted by atomic mass is 16.6. The van der Waals surface area contributed by atoms with Gasteiger partial charge in [-0.1, -0.05) is 0 Å². The van der Waals surface area contributed by atoms with E-state index in [0.29, 0.717) is 17.5 Å². The van der Waals surface area contributed by atoms with Gasteiger partial charge in [0.1, 0.15) is 0 Å². The Morgan fingerprint density at radius 2 is 1.14 bits per heavy atom. The van der Waals surface area contributed by atoms with E-state index in [1.165, 1.54) is 56.1 Å². The molecule has 3 rings (SSSR count). The number of hydrogen-bond acceptors (Lipinski definition) is 12. The van der Waals surface area contributed by atoms with Gasteiger partial charge in [0.05, 0.1) is 41.7 Å². The number of hydrogen-bond donors (Lipinski definition) is 0. The first-order chi connectivity index (χ1) is 19.9. The van der Waals surface area contributed by atoms with Crippen LogP contribution < -0.4 is 28.4 Å². The lowest BCUT2D eigenvalue weighted by Gasteiger charge is -2.40. The van der Waals surface area contributed by atoms with Gasteiger partial charge in [-0.25, -0.2) is 0 Å². The molecule has 0 aliphatic heterocycles. The summed E-state index contributed by atoms with van der Waals surface area (Å²) in [4.78, 5) is 47.7. The maximum absolute atomic E-state index is 12.1. The predicted octanol–water partition coefficient (Wildman–Crippen LogP) is 3.62. The fourth-order valence-corrected chi connectivity index (χ4v) is 5.30. The van der Waals surface area contributed by atoms with Crippen molar-refractivity contribution < 1.29 is 57.1 Å². The zero-order valence-corrected chi connectivity index (χ0v) is 25.0. The lowest BCUT2D eigenvalue weighted by Crippen LogP contribution is -2.37. The second kappa shape index (κ2) is 13.9. The molecular formula is C30H36O12. The third-order valence-corrected chi connectivity index (χ3v) is 6.89. The van der Waals surface area contributed by atoms with E-state index in [4.69, 9.17) is 37.9 Å². The number of rotatable bonds is 11. The molecular weight excluding hydrogens is 552 g/mol. The molecule has 0 aromatic heterocycles. The average Bonchev–Trinajstić information content (AvgIpc) is 2.93. The molecule has 42 heavy (non-hydrogen) atoms. The first-order valence-corrected chi connectivity index (χ1v) is 13.1. The van der Waals surface area contributed by atoms with Crippen molar-refractivity contribution in [2.75, 3.05) is 41.7 Å². The Morgan fingerprint density at radius 3 is 1.62 bits per heavy atom. The minimum atomic E-state index is -0.613. The molecule has 0 spiro atoms. The van der Waals surface area contributed by atoms with E-state index in [0.717, 1.165) is 5.56 Å². The molecule has 0 heterocycles. The number of fused-ring (bicyclic) bond motifs is 1. The lowest BCUT2D eigenvalue weighted by molar-refractivity contribution is -0.147. The molecule has 0 bridgehead atoms. The maximum Gasteiger partial charge on any atom is 0.308 e. The first-order valence-electron chi connectivity index (χ1n) is 13.1. The average molecular weight is 589 g/mol. The van der Waals surface area contributed by atoms with Gasteiger partial charge in [-0.15, -0.1) is 0 Å². The summed E-state index contributed by atoms with van der Waals surface area (Å²) in [6.07, 6.45) is 0.387.